The van der Waals surface area contributed by atoms with E-state index in [1.807, 2.05) is 32.3 Å². The smallest absolute Gasteiger partial charge is 0.106 e. The molecular formula is C13H13BrN2. The normalized spacial score (nSPS) is 10.2. The molecule has 0 atom stereocenters. The maximum atomic E-state index is 4.42. The molecule has 1 aromatic carbocycles. The van der Waals surface area contributed by atoms with Crippen molar-refractivity contribution in [1.29, 1.82) is 0 Å². The molecule has 0 fully saturated rings. The lowest BCUT2D eigenvalue weighted by Crippen LogP contribution is -2.07. The molecule has 2 rings (SSSR count). The Morgan fingerprint density at radius 1 is 1.00 bits per heavy atom. The van der Waals surface area contributed by atoms with Crippen molar-refractivity contribution in [1.82, 2.24) is 4.98 Å². The highest BCUT2D eigenvalue weighted by Crippen LogP contribution is 2.21. The average Bonchev–Trinajstić information content (AvgIpc) is 2.29. The van der Waals surface area contributed by atoms with Gasteiger partial charge in [0.25, 0.3) is 0 Å². The van der Waals surface area contributed by atoms with Gasteiger partial charge in [-0.3, -0.25) is 0 Å². The summed E-state index contributed by atoms with van der Waals surface area (Å²) in [5.74, 6) is 0. The number of halogens is 1. The number of pyridine rings is 1. The number of hydrogen-bond acceptors (Lipinski definition) is 2. The predicted molar refractivity (Wildman–Crippen MR) is 71.7 cm³/mol. The van der Waals surface area contributed by atoms with E-state index in [9.17, 15) is 0 Å². The number of anilines is 1. The van der Waals surface area contributed by atoms with Crippen LogP contribution < -0.4 is 4.90 Å². The van der Waals surface area contributed by atoms with E-state index in [0.29, 0.717) is 0 Å². The first-order valence-electron chi connectivity index (χ1n) is 5.07. The van der Waals surface area contributed by atoms with Crippen molar-refractivity contribution in [2.75, 3.05) is 19.0 Å². The van der Waals surface area contributed by atoms with E-state index in [0.717, 1.165) is 15.9 Å². The van der Waals surface area contributed by atoms with Crippen LogP contribution in [-0.2, 0) is 0 Å². The second-order valence-electron chi connectivity index (χ2n) is 3.79. The van der Waals surface area contributed by atoms with Gasteiger partial charge >= 0.3 is 0 Å². The van der Waals surface area contributed by atoms with Crippen LogP contribution in [0, 0.1) is 0 Å². The highest BCUT2D eigenvalue weighted by atomic mass is 79.9. The minimum absolute atomic E-state index is 0.863. The van der Waals surface area contributed by atoms with Crippen LogP contribution in [0.25, 0.3) is 11.3 Å². The molecule has 0 aliphatic heterocycles. The van der Waals surface area contributed by atoms with Crippen molar-refractivity contribution in [3.05, 3.63) is 47.1 Å². The fourth-order valence-electron chi connectivity index (χ4n) is 1.50. The van der Waals surface area contributed by atoms with E-state index in [1.54, 1.807) is 0 Å². The molecule has 16 heavy (non-hydrogen) atoms. The summed E-state index contributed by atoms with van der Waals surface area (Å²) in [5, 5.41) is 0. The molecule has 0 amide bonds. The maximum absolute atomic E-state index is 4.42. The molecule has 0 saturated heterocycles. The molecule has 0 saturated carbocycles. The zero-order valence-corrected chi connectivity index (χ0v) is 10.9. The average molecular weight is 277 g/mol. The monoisotopic (exact) mass is 276 g/mol. The Labute approximate surface area is 104 Å². The van der Waals surface area contributed by atoms with Crippen molar-refractivity contribution in [3.63, 3.8) is 0 Å². The molecule has 0 unspecified atom stereocenters. The van der Waals surface area contributed by atoms with Crippen LogP contribution in [0.2, 0.25) is 0 Å². The van der Waals surface area contributed by atoms with E-state index in [2.05, 4.69) is 50.1 Å². The summed E-state index contributed by atoms with van der Waals surface area (Å²) in [4.78, 5) is 6.50. The van der Waals surface area contributed by atoms with Gasteiger partial charge in [-0.1, -0.05) is 18.2 Å². The molecule has 1 aromatic heterocycles. The summed E-state index contributed by atoms with van der Waals surface area (Å²) < 4.78 is 0.863. The third kappa shape index (κ3) is 2.42. The zero-order chi connectivity index (χ0) is 11.5. The molecule has 2 aromatic rings. The summed E-state index contributed by atoms with van der Waals surface area (Å²) in [6.07, 6.45) is 0. The topological polar surface area (TPSA) is 16.1 Å². The Hall–Kier alpha value is -1.35. The highest BCUT2D eigenvalue weighted by molar-refractivity contribution is 9.10. The zero-order valence-electron chi connectivity index (χ0n) is 9.31. The number of rotatable bonds is 2. The fraction of sp³-hybridized carbons (Fsp3) is 0.154. The molecule has 0 aliphatic carbocycles. The van der Waals surface area contributed by atoms with Crippen molar-refractivity contribution >= 4 is 21.6 Å². The Balaban J connectivity index is 2.35. The first kappa shape index (κ1) is 11.1. The first-order chi connectivity index (χ1) is 7.66. The lowest BCUT2D eigenvalue weighted by atomic mass is 10.1. The number of hydrogen-bond donors (Lipinski definition) is 0. The molecule has 3 heteroatoms. The standard InChI is InChI=1S/C13H13BrN2/c1-16(2)11-8-6-10(7-9-11)12-4-3-5-13(14)15-12/h3-9H,1-2H3. The van der Waals surface area contributed by atoms with Crippen molar-refractivity contribution in [2.45, 2.75) is 0 Å². The summed E-state index contributed by atoms with van der Waals surface area (Å²) in [7, 11) is 4.07. The Kier molecular flexibility index (Phi) is 3.25. The number of nitrogens with zero attached hydrogens (tertiary/aromatic N) is 2. The number of aromatic nitrogens is 1. The van der Waals surface area contributed by atoms with Crippen LogP contribution in [0.4, 0.5) is 5.69 Å². The molecule has 0 aliphatic rings. The third-order valence-corrected chi connectivity index (χ3v) is 2.84. The molecular weight excluding hydrogens is 264 g/mol. The van der Waals surface area contributed by atoms with Gasteiger partial charge in [0.05, 0.1) is 5.69 Å². The van der Waals surface area contributed by atoms with Gasteiger partial charge in [-0.15, -0.1) is 0 Å². The second-order valence-corrected chi connectivity index (χ2v) is 4.60. The first-order valence-corrected chi connectivity index (χ1v) is 5.86. The van der Waals surface area contributed by atoms with Gasteiger partial charge in [0, 0.05) is 25.3 Å². The van der Waals surface area contributed by atoms with Crippen molar-refractivity contribution < 1.29 is 0 Å². The van der Waals surface area contributed by atoms with E-state index in [1.165, 1.54) is 5.69 Å². The van der Waals surface area contributed by atoms with Crippen LogP contribution in [0.15, 0.2) is 47.1 Å². The highest BCUT2D eigenvalue weighted by Gasteiger charge is 2.00. The van der Waals surface area contributed by atoms with Crippen LogP contribution in [0.1, 0.15) is 0 Å². The van der Waals surface area contributed by atoms with Crippen molar-refractivity contribution in [2.24, 2.45) is 0 Å². The van der Waals surface area contributed by atoms with E-state index < -0.39 is 0 Å². The lowest BCUT2D eigenvalue weighted by Gasteiger charge is -2.12. The van der Waals surface area contributed by atoms with Gasteiger partial charge in [0.15, 0.2) is 0 Å². The Morgan fingerprint density at radius 3 is 2.25 bits per heavy atom. The Morgan fingerprint density at radius 2 is 1.69 bits per heavy atom. The minimum atomic E-state index is 0.863. The Bertz CT molecular complexity index is 478. The van der Waals surface area contributed by atoms with Gasteiger partial charge in [-0.2, -0.15) is 0 Å². The van der Waals surface area contributed by atoms with E-state index >= 15 is 0 Å². The molecule has 2 nitrogen and oxygen atoms in total. The summed E-state index contributed by atoms with van der Waals surface area (Å²) in [6.45, 7) is 0. The maximum Gasteiger partial charge on any atom is 0.106 e. The van der Waals surface area contributed by atoms with Gasteiger partial charge in [-0.05, 0) is 40.2 Å². The van der Waals surface area contributed by atoms with Gasteiger partial charge in [0.1, 0.15) is 4.60 Å². The summed E-state index contributed by atoms with van der Waals surface area (Å²) in [6, 6.07) is 14.3. The van der Waals surface area contributed by atoms with E-state index in [4.69, 9.17) is 0 Å². The molecule has 0 N–H and O–H groups in total. The lowest BCUT2D eigenvalue weighted by molar-refractivity contribution is 1.13. The molecule has 1 heterocycles. The molecule has 82 valence electrons. The van der Waals surface area contributed by atoms with Crippen LogP contribution in [0.3, 0.4) is 0 Å². The quantitative estimate of drug-likeness (QED) is 0.780. The van der Waals surface area contributed by atoms with Gasteiger partial charge < -0.3 is 4.90 Å². The minimum Gasteiger partial charge on any atom is -0.378 e. The van der Waals surface area contributed by atoms with Gasteiger partial charge in [0.2, 0.25) is 0 Å². The van der Waals surface area contributed by atoms with Crippen LogP contribution in [-0.4, -0.2) is 19.1 Å². The van der Waals surface area contributed by atoms with E-state index in [-0.39, 0.29) is 0 Å². The van der Waals surface area contributed by atoms with Crippen LogP contribution in [0.5, 0.6) is 0 Å². The van der Waals surface area contributed by atoms with Crippen molar-refractivity contribution in [3.8, 4) is 11.3 Å². The fourth-order valence-corrected chi connectivity index (χ4v) is 1.84. The molecule has 0 spiro atoms. The van der Waals surface area contributed by atoms with Crippen LogP contribution >= 0.6 is 15.9 Å². The summed E-state index contributed by atoms with van der Waals surface area (Å²) >= 11 is 3.38. The largest absolute Gasteiger partial charge is 0.378 e. The molecule has 0 radical (unpaired) electrons. The molecule has 0 bridgehead atoms. The second kappa shape index (κ2) is 4.66. The third-order valence-electron chi connectivity index (χ3n) is 2.39. The predicted octanol–water partition coefficient (Wildman–Crippen LogP) is 3.58. The number of benzene rings is 1. The summed E-state index contributed by atoms with van der Waals surface area (Å²) in [5.41, 5.74) is 3.31. The SMILES string of the molecule is CN(C)c1ccc(-c2cccc(Br)n2)cc1. The van der Waals surface area contributed by atoms with Gasteiger partial charge in [-0.25, -0.2) is 4.98 Å².